The van der Waals surface area contributed by atoms with E-state index in [2.05, 4.69) is 25.8 Å². The molecule has 0 bridgehead atoms. The zero-order valence-electron chi connectivity index (χ0n) is 14.4. The van der Waals surface area contributed by atoms with Gasteiger partial charge in [0.15, 0.2) is 0 Å². The van der Waals surface area contributed by atoms with E-state index >= 15 is 0 Å². The third-order valence-electron chi connectivity index (χ3n) is 4.58. The molecular weight excluding hydrogens is 358 g/mol. The molecule has 0 N–H and O–H groups in total. The fourth-order valence-electron chi connectivity index (χ4n) is 3.02. The van der Waals surface area contributed by atoms with Crippen molar-refractivity contribution in [3.05, 3.63) is 11.9 Å². The highest BCUT2D eigenvalue weighted by Crippen LogP contribution is 2.23. The predicted octanol–water partition coefficient (Wildman–Crippen LogP) is -0.900. The number of hydrogen-bond acceptors (Lipinski definition) is 8. The van der Waals surface area contributed by atoms with Crippen molar-refractivity contribution < 1.29 is 9.59 Å². The Morgan fingerprint density at radius 1 is 1.31 bits per heavy atom. The van der Waals surface area contributed by atoms with Crippen LogP contribution in [0.5, 0.6) is 0 Å². The van der Waals surface area contributed by atoms with Gasteiger partial charge >= 0.3 is 0 Å². The van der Waals surface area contributed by atoms with Gasteiger partial charge in [0.1, 0.15) is 5.69 Å². The summed E-state index contributed by atoms with van der Waals surface area (Å²) in [4.78, 5) is 27.5. The maximum Gasteiger partial charge on any atom is 0.233 e. The van der Waals surface area contributed by atoms with Gasteiger partial charge < -0.3 is 9.80 Å². The van der Waals surface area contributed by atoms with E-state index in [0.29, 0.717) is 37.0 Å². The molecule has 0 atom stereocenters. The van der Waals surface area contributed by atoms with Crippen LogP contribution in [0.25, 0.3) is 0 Å². The number of carbonyl (C=O) groups is 2. The maximum atomic E-state index is 12.2. The van der Waals surface area contributed by atoms with Gasteiger partial charge in [-0.3, -0.25) is 9.59 Å². The first-order chi connectivity index (χ1) is 12.6. The molecule has 2 aliphatic rings. The van der Waals surface area contributed by atoms with Crippen molar-refractivity contribution in [3.8, 4) is 0 Å². The molecule has 0 radical (unpaired) electrons. The second-order valence-electron chi connectivity index (χ2n) is 6.44. The van der Waals surface area contributed by atoms with Crippen LogP contribution < -0.4 is 0 Å². The number of aryl methyl sites for hydroxylation is 1. The second kappa shape index (κ2) is 7.02. The summed E-state index contributed by atoms with van der Waals surface area (Å²) in [5.74, 6) is 0.536. The van der Waals surface area contributed by atoms with Crippen LogP contribution in [0.4, 0.5) is 0 Å². The minimum absolute atomic E-state index is 0.0530. The highest BCUT2D eigenvalue weighted by atomic mass is 32.2. The number of carbonyl (C=O) groups excluding carboxylic acids is 2. The van der Waals surface area contributed by atoms with Gasteiger partial charge in [-0.25, -0.2) is 9.36 Å². The van der Waals surface area contributed by atoms with Gasteiger partial charge in [-0.1, -0.05) is 17.0 Å². The van der Waals surface area contributed by atoms with Crippen LogP contribution in [0.1, 0.15) is 24.6 Å². The molecule has 4 rings (SSSR count). The largest absolute Gasteiger partial charge is 0.338 e. The molecule has 2 amide bonds. The highest BCUT2D eigenvalue weighted by molar-refractivity contribution is 7.99. The van der Waals surface area contributed by atoms with Crippen molar-refractivity contribution in [1.29, 1.82) is 0 Å². The lowest BCUT2D eigenvalue weighted by Crippen LogP contribution is -2.51. The minimum Gasteiger partial charge on any atom is -0.338 e. The Hall–Kier alpha value is -2.50. The van der Waals surface area contributed by atoms with E-state index < -0.39 is 0 Å². The van der Waals surface area contributed by atoms with Crippen LogP contribution in [0, 0.1) is 0 Å². The SMILES string of the molecule is Cn1nnnc1SCC(=O)N1CC(n2cc(CN3CCCC3=O)nn2)C1. The van der Waals surface area contributed by atoms with Crippen LogP contribution >= 0.6 is 11.8 Å². The Bertz CT molecular complexity index is 813. The Morgan fingerprint density at radius 2 is 2.15 bits per heavy atom. The Labute approximate surface area is 153 Å². The Kier molecular flexibility index (Phi) is 4.57. The third-order valence-corrected chi connectivity index (χ3v) is 5.57. The lowest BCUT2D eigenvalue weighted by molar-refractivity contribution is -0.134. The van der Waals surface area contributed by atoms with E-state index in [-0.39, 0.29) is 17.9 Å². The molecule has 2 saturated heterocycles. The van der Waals surface area contributed by atoms with Gasteiger partial charge in [-0.15, -0.1) is 10.2 Å². The van der Waals surface area contributed by atoms with Crippen LogP contribution in [0.2, 0.25) is 0 Å². The summed E-state index contributed by atoms with van der Waals surface area (Å²) < 4.78 is 3.33. The second-order valence-corrected chi connectivity index (χ2v) is 7.38. The lowest BCUT2D eigenvalue weighted by atomic mass is 10.1. The maximum absolute atomic E-state index is 12.2. The van der Waals surface area contributed by atoms with Gasteiger partial charge in [-0.05, 0) is 16.8 Å². The number of rotatable bonds is 6. The average molecular weight is 377 g/mol. The van der Waals surface area contributed by atoms with E-state index in [1.165, 1.54) is 11.8 Å². The van der Waals surface area contributed by atoms with Crippen LogP contribution in [-0.4, -0.2) is 82.2 Å². The minimum atomic E-state index is 0.0530. The molecular formula is C14H19N9O2S. The van der Waals surface area contributed by atoms with Crippen molar-refractivity contribution in [2.24, 2.45) is 7.05 Å². The number of aromatic nitrogens is 7. The van der Waals surface area contributed by atoms with E-state index in [0.717, 1.165) is 18.7 Å². The molecule has 11 nitrogen and oxygen atoms in total. The zero-order valence-corrected chi connectivity index (χ0v) is 15.2. The normalized spacial score (nSPS) is 17.8. The molecule has 0 aliphatic carbocycles. The van der Waals surface area contributed by atoms with Crippen molar-refractivity contribution >= 4 is 23.6 Å². The molecule has 0 saturated carbocycles. The van der Waals surface area contributed by atoms with Crippen molar-refractivity contribution in [1.82, 2.24) is 45.0 Å². The summed E-state index contributed by atoms with van der Waals surface area (Å²) in [5, 5.41) is 20.1. The van der Waals surface area contributed by atoms with Gasteiger partial charge in [0.2, 0.25) is 17.0 Å². The number of tetrazole rings is 1. The third kappa shape index (κ3) is 3.41. The van der Waals surface area contributed by atoms with Gasteiger partial charge in [0.05, 0.1) is 24.5 Å². The fourth-order valence-corrected chi connectivity index (χ4v) is 3.77. The molecule has 138 valence electrons. The highest BCUT2D eigenvalue weighted by Gasteiger charge is 2.33. The molecule has 0 unspecified atom stereocenters. The van der Waals surface area contributed by atoms with Gasteiger partial charge in [-0.2, -0.15) is 0 Å². The summed E-state index contributed by atoms with van der Waals surface area (Å²) in [5.41, 5.74) is 0.787. The van der Waals surface area contributed by atoms with Crippen molar-refractivity contribution in [3.63, 3.8) is 0 Å². The number of thioether (sulfide) groups is 1. The van der Waals surface area contributed by atoms with E-state index in [9.17, 15) is 9.59 Å². The monoisotopic (exact) mass is 377 g/mol. The number of hydrogen-bond donors (Lipinski definition) is 0. The standard InChI is InChI=1S/C14H19N9O2S/c1-20-14(16-17-19-20)26-9-13(25)22-7-11(8-22)23-6-10(15-18-23)5-21-4-2-3-12(21)24/h6,11H,2-5,7-9H2,1H3. The molecule has 2 aliphatic heterocycles. The van der Waals surface area contributed by atoms with Crippen LogP contribution in [0.15, 0.2) is 11.4 Å². The number of amides is 2. The molecule has 2 aromatic heterocycles. The van der Waals surface area contributed by atoms with Crippen molar-refractivity contribution in [2.75, 3.05) is 25.4 Å². The Balaban J connectivity index is 1.25. The summed E-state index contributed by atoms with van der Waals surface area (Å²) in [6, 6.07) is 0.135. The number of likely N-dealkylation sites (tertiary alicyclic amines) is 2. The van der Waals surface area contributed by atoms with Gasteiger partial charge in [0.25, 0.3) is 0 Å². The quantitative estimate of drug-likeness (QED) is 0.595. The molecule has 2 aromatic rings. The molecule has 2 fully saturated rings. The summed E-state index contributed by atoms with van der Waals surface area (Å²) in [7, 11) is 1.74. The summed E-state index contributed by atoms with van der Waals surface area (Å²) in [6.07, 6.45) is 3.41. The topological polar surface area (TPSA) is 115 Å². The molecule has 0 spiro atoms. The summed E-state index contributed by atoms with van der Waals surface area (Å²) >= 11 is 1.32. The molecule has 4 heterocycles. The number of nitrogens with zero attached hydrogens (tertiary/aromatic N) is 9. The van der Waals surface area contributed by atoms with E-state index in [4.69, 9.17) is 0 Å². The molecule has 12 heteroatoms. The van der Waals surface area contributed by atoms with Crippen molar-refractivity contribution in [2.45, 2.75) is 30.6 Å². The zero-order chi connectivity index (χ0) is 18.1. The lowest BCUT2D eigenvalue weighted by Gasteiger charge is -2.38. The van der Waals surface area contributed by atoms with Crippen LogP contribution in [0.3, 0.4) is 0 Å². The van der Waals surface area contributed by atoms with E-state index in [1.807, 2.05) is 11.1 Å². The van der Waals surface area contributed by atoms with Crippen LogP contribution in [-0.2, 0) is 23.2 Å². The molecule has 26 heavy (non-hydrogen) atoms. The summed E-state index contributed by atoms with van der Waals surface area (Å²) in [6.45, 7) is 2.52. The first-order valence-electron chi connectivity index (χ1n) is 8.41. The first-order valence-corrected chi connectivity index (χ1v) is 9.40. The molecule has 0 aromatic carbocycles. The smallest absolute Gasteiger partial charge is 0.233 e. The van der Waals surface area contributed by atoms with Gasteiger partial charge in [0, 0.05) is 33.1 Å². The predicted molar refractivity (Wildman–Crippen MR) is 89.8 cm³/mol. The fraction of sp³-hybridized carbons (Fsp3) is 0.643. The van der Waals surface area contributed by atoms with E-state index in [1.54, 1.807) is 21.3 Å². The Morgan fingerprint density at radius 3 is 2.85 bits per heavy atom. The first kappa shape index (κ1) is 16.9. The average Bonchev–Trinajstić information content (AvgIpc) is 3.28.